The van der Waals surface area contributed by atoms with E-state index < -0.39 is 0 Å². The van der Waals surface area contributed by atoms with E-state index in [1.807, 2.05) is 18.2 Å². The van der Waals surface area contributed by atoms with Crippen molar-refractivity contribution in [3.8, 4) is 6.07 Å². The van der Waals surface area contributed by atoms with Crippen molar-refractivity contribution in [2.24, 2.45) is 0 Å². The third-order valence-electron chi connectivity index (χ3n) is 2.60. The highest BCUT2D eigenvalue weighted by molar-refractivity contribution is 6.35. The van der Waals surface area contributed by atoms with Crippen molar-refractivity contribution in [1.82, 2.24) is 0 Å². The summed E-state index contributed by atoms with van der Waals surface area (Å²) in [5.74, 6) is 0. The van der Waals surface area contributed by atoms with E-state index in [9.17, 15) is 0 Å². The molecule has 0 saturated heterocycles. The van der Waals surface area contributed by atoms with Crippen molar-refractivity contribution in [2.45, 2.75) is 0 Å². The largest absolute Gasteiger partial charge is 0.454 e. The fraction of sp³-hybridized carbons (Fsp3) is 0. The second kappa shape index (κ2) is 3.26. The molecule has 3 rings (SSSR count). The van der Waals surface area contributed by atoms with Gasteiger partial charge in [0, 0.05) is 10.8 Å². The molecule has 0 aliphatic rings. The SMILES string of the molecule is N#Cc1cccc2oc3c(Cl)cccc3c12. The molecule has 0 amide bonds. The average molecular weight is 228 g/mol. The van der Waals surface area contributed by atoms with Crippen LogP contribution in [-0.2, 0) is 0 Å². The summed E-state index contributed by atoms with van der Waals surface area (Å²) in [5, 5.41) is 11.3. The van der Waals surface area contributed by atoms with Crippen LogP contribution in [-0.4, -0.2) is 0 Å². The first kappa shape index (κ1) is 9.26. The Kier molecular flexibility index (Phi) is 1.89. The first-order valence-corrected chi connectivity index (χ1v) is 5.19. The molecule has 2 nitrogen and oxygen atoms in total. The summed E-state index contributed by atoms with van der Waals surface area (Å²) in [6.07, 6.45) is 0. The lowest BCUT2D eigenvalue weighted by Gasteiger charge is -1.92. The van der Waals surface area contributed by atoms with Crippen molar-refractivity contribution in [1.29, 1.82) is 5.26 Å². The minimum Gasteiger partial charge on any atom is -0.454 e. The highest BCUT2D eigenvalue weighted by Crippen LogP contribution is 2.34. The van der Waals surface area contributed by atoms with Crippen LogP contribution in [0, 0.1) is 11.3 Å². The van der Waals surface area contributed by atoms with Gasteiger partial charge in [0.05, 0.1) is 16.7 Å². The molecular weight excluding hydrogens is 222 g/mol. The lowest BCUT2D eigenvalue weighted by atomic mass is 10.1. The van der Waals surface area contributed by atoms with Crippen LogP contribution in [0.2, 0.25) is 5.02 Å². The third-order valence-corrected chi connectivity index (χ3v) is 2.89. The molecule has 0 aliphatic carbocycles. The summed E-state index contributed by atoms with van der Waals surface area (Å²) in [4.78, 5) is 0. The maximum atomic E-state index is 9.06. The van der Waals surface area contributed by atoms with Gasteiger partial charge in [-0.15, -0.1) is 0 Å². The fourth-order valence-electron chi connectivity index (χ4n) is 1.91. The molecule has 1 heterocycles. The number of benzene rings is 2. The summed E-state index contributed by atoms with van der Waals surface area (Å²) in [7, 11) is 0. The van der Waals surface area contributed by atoms with Gasteiger partial charge in [-0.3, -0.25) is 0 Å². The van der Waals surface area contributed by atoms with Crippen molar-refractivity contribution in [3.05, 3.63) is 47.0 Å². The van der Waals surface area contributed by atoms with E-state index in [2.05, 4.69) is 6.07 Å². The van der Waals surface area contributed by atoms with E-state index in [0.717, 1.165) is 10.8 Å². The summed E-state index contributed by atoms with van der Waals surface area (Å²) in [6, 6.07) is 13.1. The zero-order valence-corrected chi connectivity index (χ0v) is 8.95. The summed E-state index contributed by atoms with van der Waals surface area (Å²) in [5.41, 5.74) is 1.95. The number of halogens is 1. The lowest BCUT2D eigenvalue weighted by Crippen LogP contribution is -1.74. The number of furan rings is 1. The molecule has 0 atom stereocenters. The van der Waals surface area contributed by atoms with Crippen LogP contribution in [0.3, 0.4) is 0 Å². The predicted octanol–water partition coefficient (Wildman–Crippen LogP) is 4.11. The minimum atomic E-state index is 0.567. The number of hydrogen-bond acceptors (Lipinski definition) is 2. The maximum Gasteiger partial charge on any atom is 0.154 e. The first-order chi connectivity index (χ1) is 7.81. The summed E-state index contributed by atoms with van der Waals surface area (Å²) < 4.78 is 5.64. The van der Waals surface area contributed by atoms with Crippen LogP contribution in [0.4, 0.5) is 0 Å². The van der Waals surface area contributed by atoms with Crippen LogP contribution < -0.4 is 0 Å². The average Bonchev–Trinajstić information content (AvgIpc) is 2.69. The molecule has 0 radical (unpaired) electrons. The van der Waals surface area contributed by atoms with Crippen LogP contribution in [0.5, 0.6) is 0 Å². The number of rotatable bonds is 0. The van der Waals surface area contributed by atoms with Crippen LogP contribution in [0.25, 0.3) is 21.9 Å². The molecule has 0 bridgehead atoms. The van der Waals surface area contributed by atoms with Crippen LogP contribution in [0.15, 0.2) is 40.8 Å². The number of para-hydroxylation sites is 1. The number of nitriles is 1. The van der Waals surface area contributed by atoms with Gasteiger partial charge in [0.2, 0.25) is 0 Å². The quantitative estimate of drug-likeness (QED) is 0.580. The molecule has 1 aromatic heterocycles. The van der Waals surface area contributed by atoms with Gasteiger partial charge in [0.25, 0.3) is 0 Å². The van der Waals surface area contributed by atoms with Gasteiger partial charge in [-0.05, 0) is 18.2 Å². The molecule has 3 heteroatoms. The van der Waals surface area contributed by atoms with Crippen molar-refractivity contribution >= 4 is 33.5 Å². The Bertz CT molecular complexity index is 737. The van der Waals surface area contributed by atoms with Gasteiger partial charge in [0.1, 0.15) is 5.58 Å². The molecule has 0 spiro atoms. The third kappa shape index (κ3) is 1.13. The van der Waals surface area contributed by atoms with Gasteiger partial charge in [-0.25, -0.2) is 0 Å². The molecule has 16 heavy (non-hydrogen) atoms. The predicted molar refractivity (Wildman–Crippen MR) is 63.4 cm³/mol. The van der Waals surface area contributed by atoms with E-state index in [4.69, 9.17) is 21.3 Å². The Morgan fingerprint density at radius 3 is 2.75 bits per heavy atom. The van der Waals surface area contributed by atoms with Crippen molar-refractivity contribution < 1.29 is 4.42 Å². The molecular formula is C13H6ClNO. The highest BCUT2D eigenvalue weighted by atomic mass is 35.5. The lowest BCUT2D eigenvalue weighted by molar-refractivity contribution is 0.669. The number of nitrogens with zero attached hydrogens (tertiary/aromatic N) is 1. The molecule has 3 aromatic rings. The summed E-state index contributed by atoms with van der Waals surface area (Å²) >= 11 is 6.05. The molecule has 0 unspecified atom stereocenters. The van der Waals surface area contributed by atoms with E-state index in [-0.39, 0.29) is 0 Å². The second-order valence-electron chi connectivity index (χ2n) is 3.51. The normalized spacial score (nSPS) is 10.8. The van der Waals surface area contributed by atoms with E-state index in [1.165, 1.54) is 0 Å². The Balaban J connectivity index is 2.64. The van der Waals surface area contributed by atoms with Gasteiger partial charge >= 0.3 is 0 Å². The maximum absolute atomic E-state index is 9.06. The van der Waals surface area contributed by atoms with Gasteiger partial charge in [-0.2, -0.15) is 5.26 Å². The first-order valence-electron chi connectivity index (χ1n) is 4.81. The molecule has 2 aromatic carbocycles. The number of fused-ring (bicyclic) bond motifs is 3. The number of hydrogen-bond donors (Lipinski definition) is 0. The van der Waals surface area contributed by atoms with Crippen molar-refractivity contribution in [3.63, 3.8) is 0 Å². The Hall–Kier alpha value is -1.98. The smallest absolute Gasteiger partial charge is 0.154 e. The monoisotopic (exact) mass is 227 g/mol. The van der Waals surface area contributed by atoms with Gasteiger partial charge in [0.15, 0.2) is 5.58 Å². The van der Waals surface area contributed by atoms with Gasteiger partial charge in [-0.1, -0.05) is 29.8 Å². The zero-order chi connectivity index (χ0) is 11.1. The second-order valence-corrected chi connectivity index (χ2v) is 3.92. The van der Waals surface area contributed by atoms with E-state index in [1.54, 1.807) is 18.2 Å². The Morgan fingerprint density at radius 2 is 1.94 bits per heavy atom. The molecule has 0 fully saturated rings. The molecule has 0 N–H and O–H groups in total. The van der Waals surface area contributed by atoms with Crippen LogP contribution in [0.1, 0.15) is 5.56 Å². The summed E-state index contributed by atoms with van der Waals surface area (Å²) in [6.45, 7) is 0. The van der Waals surface area contributed by atoms with Gasteiger partial charge < -0.3 is 4.42 Å². The van der Waals surface area contributed by atoms with E-state index >= 15 is 0 Å². The van der Waals surface area contributed by atoms with E-state index in [0.29, 0.717) is 21.8 Å². The highest BCUT2D eigenvalue weighted by Gasteiger charge is 2.12. The fourth-order valence-corrected chi connectivity index (χ4v) is 2.12. The van der Waals surface area contributed by atoms with Crippen molar-refractivity contribution in [2.75, 3.05) is 0 Å². The topological polar surface area (TPSA) is 36.9 Å². The van der Waals surface area contributed by atoms with Crippen LogP contribution >= 0.6 is 11.6 Å². The minimum absolute atomic E-state index is 0.567. The Labute approximate surface area is 96.6 Å². The molecule has 76 valence electrons. The molecule has 0 saturated carbocycles. The molecule has 0 aliphatic heterocycles. The Morgan fingerprint density at radius 1 is 1.12 bits per heavy atom. The zero-order valence-electron chi connectivity index (χ0n) is 8.20. The standard InChI is InChI=1S/C13H6ClNO/c14-10-5-2-4-9-12-8(7-15)3-1-6-11(12)16-13(9)10/h1-6H.